The van der Waals surface area contributed by atoms with Gasteiger partial charge in [0.1, 0.15) is 12.1 Å². The van der Waals surface area contributed by atoms with Crippen LogP contribution in [0.3, 0.4) is 0 Å². The number of primary amides is 1. The quantitative estimate of drug-likeness (QED) is 0.0975. The summed E-state index contributed by atoms with van der Waals surface area (Å²) < 4.78 is 0. The standard InChI is InChI=1S/C16H31N7O5/c1-8(2)6-11(15(27)28)23-14(26)10(4-3-5-21-16(19)20)22-13(25)9(17)7-12(18)24/h8-11H,3-7,17H2,1-2H3,(H2,18,24)(H,22,25)(H,23,26)(H,27,28)(H4,19,20,21)/t9-,10-,11-/m0/s1. The van der Waals surface area contributed by atoms with Gasteiger partial charge in [-0.2, -0.15) is 0 Å². The number of guanidine groups is 1. The molecule has 11 N–H and O–H groups in total. The molecule has 12 heteroatoms. The van der Waals surface area contributed by atoms with Crippen molar-refractivity contribution in [3.05, 3.63) is 0 Å². The summed E-state index contributed by atoms with van der Waals surface area (Å²) in [5, 5.41) is 14.1. The number of amides is 3. The van der Waals surface area contributed by atoms with Gasteiger partial charge in [-0.05, 0) is 25.2 Å². The Labute approximate surface area is 163 Å². The minimum atomic E-state index is -1.23. The average molecular weight is 401 g/mol. The predicted molar refractivity (Wildman–Crippen MR) is 103 cm³/mol. The fourth-order valence-corrected chi connectivity index (χ4v) is 2.33. The van der Waals surface area contributed by atoms with Gasteiger partial charge in [-0.15, -0.1) is 0 Å². The molecule has 0 fully saturated rings. The first-order chi connectivity index (χ1) is 12.9. The number of hydrogen-bond acceptors (Lipinski definition) is 6. The first-order valence-corrected chi connectivity index (χ1v) is 8.86. The van der Waals surface area contributed by atoms with Crippen LogP contribution >= 0.6 is 0 Å². The third kappa shape index (κ3) is 11.0. The van der Waals surface area contributed by atoms with Crippen molar-refractivity contribution in [3.63, 3.8) is 0 Å². The number of aliphatic carboxylic acids is 1. The monoisotopic (exact) mass is 401 g/mol. The van der Waals surface area contributed by atoms with Crippen LogP contribution in [-0.4, -0.2) is 59.4 Å². The van der Waals surface area contributed by atoms with Crippen LogP contribution < -0.4 is 33.6 Å². The van der Waals surface area contributed by atoms with E-state index in [1.165, 1.54) is 0 Å². The zero-order valence-electron chi connectivity index (χ0n) is 16.2. The molecule has 12 nitrogen and oxygen atoms in total. The number of carbonyl (C=O) groups is 4. The fourth-order valence-electron chi connectivity index (χ4n) is 2.33. The van der Waals surface area contributed by atoms with Crippen LogP contribution in [0, 0.1) is 5.92 Å². The Hall–Kier alpha value is -2.89. The van der Waals surface area contributed by atoms with Gasteiger partial charge in [-0.1, -0.05) is 13.8 Å². The SMILES string of the molecule is CC(C)C[C@H](NC(=O)[C@H](CCCN=C(N)N)NC(=O)[C@@H](N)CC(N)=O)C(=O)O. The molecule has 0 aliphatic rings. The Morgan fingerprint density at radius 2 is 1.57 bits per heavy atom. The maximum atomic E-state index is 12.5. The number of carboxylic acids is 1. The first-order valence-electron chi connectivity index (χ1n) is 8.86. The van der Waals surface area contributed by atoms with E-state index >= 15 is 0 Å². The minimum absolute atomic E-state index is 0.0281. The Balaban J connectivity index is 5.14. The van der Waals surface area contributed by atoms with E-state index in [1.807, 2.05) is 13.8 Å². The number of rotatable bonds is 13. The summed E-state index contributed by atoms with van der Waals surface area (Å²) in [6.45, 7) is 3.85. The molecular formula is C16H31N7O5. The molecule has 0 saturated carbocycles. The third-order valence-corrected chi connectivity index (χ3v) is 3.66. The van der Waals surface area contributed by atoms with Crippen molar-refractivity contribution in [2.45, 2.75) is 57.7 Å². The zero-order valence-corrected chi connectivity index (χ0v) is 16.2. The summed E-state index contributed by atoms with van der Waals surface area (Å²) in [7, 11) is 0. The first kappa shape index (κ1) is 25.1. The predicted octanol–water partition coefficient (Wildman–Crippen LogP) is -2.66. The lowest BCUT2D eigenvalue weighted by atomic mass is 10.0. The number of carbonyl (C=O) groups excluding carboxylic acids is 3. The number of hydrogen-bond donors (Lipinski definition) is 7. The van der Waals surface area contributed by atoms with Crippen LogP contribution in [0.15, 0.2) is 4.99 Å². The molecule has 0 bridgehead atoms. The summed E-state index contributed by atoms with van der Waals surface area (Å²) in [6.07, 6.45) is 0.297. The molecule has 0 unspecified atom stereocenters. The molecule has 0 aliphatic carbocycles. The normalized spacial score (nSPS) is 13.9. The van der Waals surface area contributed by atoms with Crippen LogP contribution in [0.25, 0.3) is 0 Å². The largest absolute Gasteiger partial charge is 0.480 e. The van der Waals surface area contributed by atoms with Crippen LogP contribution in [0.4, 0.5) is 0 Å². The highest BCUT2D eigenvalue weighted by molar-refractivity contribution is 5.93. The second-order valence-corrected chi connectivity index (χ2v) is 6.82. The summed E-state index contributed by atoms with van der Waals surface area (Å²) in [5.74, 6) is -3.47. The fraction of sp³-hybridized carbons (Fsp3) is 0.688. The third-order valence-electron chi connectivity index (χ3n) is 3.66. The van der Waals surface area contributed by atoms with Gasteiger partial charge >= 0.3 is 5.97 Å². The molecular weight excluding hydrogens is 370 g/mol. The van der Waals surface area contributed by atoms with Gasteiger partial charge in [0.25, 0.3) is 0 Å². The van der Waals surface area contributed by atoms with Gasteiger partial charge < -0.3 is 38.7 Å². The second-order valence-electron chi connectivity index (χ2n) is 6.82. The second kappa shape index (κ2) is 12.5. The summed E-state index contributed by atoms with van der Waals surface area (Å²) in [5.41, 5.74) is 21.1. The number of nitrogens with one attached hydrogen (secondary N) is 2. The van der Waals surface area contributed by atoms with Gasteiger partial charge in [0.05, 0.1) is 12.5 Å². The summed E-state index contributed by atoms with van der Waals surface area (Å²) in [4.78, 5) is 50.7. The van der Waals surface area contributed by atoms with Crippen LogP contribution in [0.1, 0.15) is 39.5 Å². The van der Waals surface area contributed by atoms with Gasteiger partial charge in [-0.3, -0.25) is 19.4 Å². The van der Waals surface area contributed by atoms with Crippen LogP contribution in [0.2, 0.25) is 0 Å². The van der Waals surface area contributed by atoms with E-state index in [4.69, 9.17) is 22.9 Å². The number of nitrogens with two attached hydrogens (primary N) is 4. The van der Waals surface area contributed by atoms with Crippen molar-refractivity contribution in [2.75, 3.05) is 6.54 Å². The van der Waals surface area contributed by atoms with Gasteiger partial charge in [0.2, 0.25) is 17.7 Å². The van der Waals surface area contributed by atoms with Gasteiger partial charge in [0.15, 0.2) is 5.96 Å². The molecule has 160 valence electrons. The van der Waals surface area contributed by atoms with E-state index in [2.05, 4.69) is 15.6 Å². The van der Waals surface area contributed by atoms with Crippen molar-refractivity contribution in [2.24, 2.45) is 33.8 Å². The van der Waals surface area contributed by atoms with Gasteiger partial charge in [0, 0.05) is 6.54 Å². The Kier molecular flexibility index (Phi) is 11.2. The average Bonchev–Trinajstić information content (AvgIpc) is 2.55. The Morgan fingerprint density at radius 1 is 1.00 bits per heavy atom. The zero-order chi connectivity index (χ0) is 21.9. The van der Waals surface area contributed by atoms with Crippen molar-refractivity contribution in [1.29, 1.82) is 0 Å². The molecule has 3 amide bonds. The number of carboxylic acid groups (broad SMARTS) is 1. The van der Waals surface area contributed by atoms with Crippen molar-refractivity contribution in [1.82, 2.24) is 10.6 Å². The molecule has 3 atom stereocenters. The molecule has 0 saturated heterocycles. The molecule has 0 aromatic carbocycles. The van der Waals surface area contributed by atoms with Gasteiger partial charge in [-0.25, -0.2) is 4.79 Å². The topological polar surface area (TPSA) is 229 Å². The lowest BCUT2D eigenvalue weighted by Gasteiger charge is -2.23. The molecule has 0 aromatic rings. The van der Waals surface area contributed by atoms with E-state index in [-0.39, 0.29) is 37.7 Å². The molecule has 0 heterocycles. The maximum absolute atomic E-state index is 12.5. The Bertz CT molecular complexity index is 590. The van der Waals surface area contributed by atoms with E-state index in [0.29, 0.717) is 6.42 Å². The molecule has 28 heavy (non-hydrogen) atoms. The van der Waals surface area contributed by atoms with E-state index < -0.39 is 41.8 Å². The molecule has 0 radical (unpaired) electrons. The summed E-state index contributed by atoms with van der Waals surface area (Å²) in [6, 6.07) is -3.41. The van der Waals surface area contributed by atoms with Crippen LogP contribution in [-0.2, 0) is 19.2 Å². The highest BCUT2D eigenvalue weighted by Crippen LogP contribution is 2.07. The van der Waals surface area contributed by atoms with E-state index in [0.717, 1.165) is 0 Å². The summed E-state index contributed by atoms with van der Waals surface area (Å²) >= 11 is 0. The minimum Gasteiger partial charge on any atom is -0.480 e. The van der Waals surface area contributed by atoms with Crippen molar-refractivity contribution >= 4 is 29.7 Å². The van der Waals surface area contributed by atoms with E-state index in [1.54, 1.807) is 0 Å². The van der Waals surface area contributed by atoms with Crippen molar-refractivity contribution in [3.8, 4) is 0 Å². The maximum Gasteiger partial charge on any atom is 0.326 e. The highest BCUT2D eigenvalue weighted by atomic mass is 16.4. The lowest BCUT2D eigenvalue weighted by Crippen LogP contribution is -2.55. The number of aliphatic imine (C=N–C) groups is 1. The number of nitrogens with zero attached hydrogens (tertiary/aromatic N) is 1. The smallest absolute Gasteiger partial charge is 0.326 e. The molecule has 0 aliphatic heterocycles. The molecule has 0 spiro atoms. The van der Waals surface area contributed by atoms with Crippen LogP contribution in [0.5, 0.6) is 0 Å². The lowest BCUT2D eigenvalue weighted by molar-refractivity contribution is -0.142. The Morgan fingerprint density at radius 3 is 2.04 bits per heavy atom. The molecule has 0 aromatic heterocycles. The molecule has 0 rings (SSSR count). The highest BCUT2D eigenvalue weighted by Gasteiger charge is 2.28. The van der Waals surface area contributed by atoms with E-state index in [9.17, 15) is 24.3 Å². The van der Waals surface area contributed by atoms with Crippen molar-refractivity contribution < 1.29 is 24.3 Å².